The van der Waals surface area contributed by atoms with Crippen molar-refractivity contribution in [3.05, 3.63) is 16.6 Å². The lowest BCUT2D eigenvalue weighted by molar-refractivity contribution is 0.483. The van der Waals surface area contributed by atoms with Crippen LogP contribution in [-0.2, 0) is 10.1 Å². The van der Waals surface area contributed by atoms with Crippen LogP contribution in [0.5, 0.6) is 0 Å². The molecule has 3 nitrogen and oxygen atoms in total. The highest BCUT2D eigenvalue weighted by Gasteiger charge is 2.11. The molecule has 6 heteroatoms. The van der Waals surface area contributed by atoms with Crippen molar-refractivity contribution in [2.75, 3.05) is 0 Å². The van der Waals surface area contributed by atoms with Crippen LogP contribution in [-0.4, -0.2) is 13.0 Å². The first-order valence-electron chi connectivity index (χ1n) is 2.21. The van der Waals surface area contributed by atoms with Crippen LogP contribution >= 0.6 is 11.3 Å². The summed E-state index contributed by atoms with van der Waals surface area (Å²) < 4.78 is 40.9. The van der Waals surface area contributed by atoms with Crippen LogP contribution in [0.15, 0.2) is 16.3 Å². The van der Waals surface area contributed by atoms with E-state index in [1.807, 2.05) is 0 Å². The molecule has 0 amide bonds. The molecular formula is C4H3FO3S2. The summed E-state index contributed by atoms with van der Waals surface area (Å²) in [7, 11) is -4.21. The van der Waals surface area contributed by atoms with E-state index < -0.39 is 20.1 Å². The third-order valence-corrected chi connectivity index (χ3v) is 2.54. The number of thiophene rings is 1. The second-order valence-corrected chi connectivity index (χ2v) is 3.84. The van der Waals surface area contributed by atoms with Crippen molar-refractivity contribution in [3.63, 3.8) is 0 Å². The lowest BCUT2D eigenvalue weighted by Crippen LogP contribution is -1.94. The average Bonchev–Trinajstić information content (AvgIpc) is 2.11. The van der Waals surface area contributed by atoms with E-state index in [1.165, 1.54) is 0 Å². The van der Waals surface area contributed by atoms with E-state index in [0.29, 0.717) is 11.3 Å². The van der Waals surface area contributed by atoms with E-state index in [-0.39, 0.29) is 0 Å². The topological polar surface area (TPSA) is 54.4 Å². The van der Waals surface area contributed by atoms with E-state index in [0.717, 1.165) is 11.4 Å². The van der Waals surface area contributed by atoms with E-state index in [9.17, 15) is 12.8 Å². The van der Waals surface area contributed by atoms with Gasteiger partial charge in [-0.25, -0.2) is 0 Å². The molecule has 0 atom stereocenters. The van der Waals surface area contributed by atoms with Gasteiger partial charge in [0.15, 0.2) is 5.13 Å². The highest BCUT2D eigenvalue weighted by atomic mass is 32.2. The number of rotatable bonds is 1. The molecule has 1 aromatic heterocycles. The standard InChI is InChI=1S/C4H3FO3S2/c5-4-1-3(2-9-4)10(6,7)8/h1-2H,(H,6,7,8). The summed E-state index contributed by atoms with van der Waals surface area (Å²) >= 11 is 0.625. The third-order valence-electron chi connectivity index (χ3n) is 0.841. The predicted octanol–water partition coefficient (Wildman–Crippen LogP) is 1.13. The zero-order chi connectivity index (χ0) is 7.78. The molecule has 10 heavy (non-hydrogen) atoms. The number of hydrogen-bond donors (Lipinski definition) is 1. The Morgan fingerprint density at radius 2 is 2.20 bits per heavy atom. The normalized spacial score (nSPS) is 11.8. The van der Waals surface area contributed by atoms with Gasteiger partial charge in [-0.1, -0.05) is 0 Å². The summed E-state index contributed by atoms with van der Waals surface area (Å²) in [6, 6.07) is 0.764. The molecule has 56 valence electrons. The Balaban J connectivity index is 3.21. The molecule has 0 aliphatic heterocycles. The summed E-state index contributed by atoms with van der Waals surface area (Å²) in [6.07, 6.45) is 0. The van der Waals surface area contributed by atoms with Gasteiger partial charge in [-0.05, 0) is 0 Å². The fourth-order valence-corrected chi connectivity index (χ4v) is 1.88. The smallest absolute Gasteiger partial charge is 0.282 e. The maximum absolute atomic E-state index is 12.1. The van der Waals surface area contributed by atoms with Gasteiger partial charge in [0.2, 0.25) is 0 Å². The Morgan fingerprint density at radius 1 is 1.60 bits per heavy atom. The zero-order valence-corrected chi connectivity index (χ0v) is 6.25. The minimum Gasteiger partial charge on any atom is -0.282 e. The molecular weight excluding hydrogens is 179 g/mol. The van der Waals surface area contributed by atoms with Crippen molar-refractivity contribution < 1.29 is 17.4 Å². The Hall–Kier alpha value is -0.460. The minimum absolute atomic E-state index is 0.394. The average molecular weight is 182 g/mol. The second-order valence-electron chi connectivity index (χ2n) is 1.56. The Morgan fingerprint density at radius 3 is 2.40 bits per heavy atom. The zero-order valence-electron chi connectivity index (χ0n) is 4.61. The van der Waals surface area contributed by atoms with Crippen molar-refractivity contribution in [1.82, 2.24) is 0 Å². The molecule has 1 aromatic rings. The molecule has 0 unspecified atom stereocenters. The molecule has 0 bridgehead atoms. The van der Waals surface area contributed by atoms with Crippen LogP contribution in [0.3, 0.4) is 0 Å². The van der Waals surface area contributed by atoms with Crippen LogP contribution in [0.25, 0.3) is 0 Å². The number of hydrogen-bond acceptors (Lipinski definition) is 3. The van der Waals surface area contributed by atoms with Gasteiger partial charge in [0.05, 0.1) is 0 Å². The first-order valence-corrected chi connectivity index (χ1v) is 4.53. The lowest BCUT2D eigenvalue weighted by Gasteiger charge is -1.85. The number of halogens is 1. The van der Waals surface area contributed by atoms with Gasteiger partial charge < -0.3 is 0 Å². The molecule has 0 spiro atoms. The van der Waals surface area contributed by atoms with E-state index in [4.69, 9.17) is 4.55 Å². The Kier molecular flexibility index (Phi) is 1.76. The monoisotopic (exact) mass is 182 g/mol. The molecule has 0 radical (unpaired) electrons. The SMILES string of the molecule is O=S(=O)(O)c1csc(F)c1. The van der Waals surface area contributed by atoms with Gasteiger partial charge in [0.1, 0.15) is 4.90 Å². The summed E-state index contributed by atoms with van der Waals surface area (Å²) in [5.74, 6) is 0. The minimum atomic E-state index is -4.21. The maximum atomic E-state index is 12.1. The quantitative estimate of drug-likeness (QED) is 0.662. The molecule has 1 heterocycles. The van der Waals surface area contributed by atoms with Crippen molar-refractivity contribution >= 4 is 21.5 Å². The largest absolute Gasteiger partial charge is 0.295 e. The molecule has 0 aliphatic carbocycles. The first-order chi connectivity index (χ1) is 4.50. The summed E-state index contributed by atoms with van der Waals surface area (Å²) in [6.45, 7) is 0. The second kappa shape index (κ2) is 2.30. The Labute approximate surface area is 60.9 Å². The molecule has 0 aliphatic rings. The highest BCUT2D eigenvalue weighted by Crippen LogP contribution is 2.16. The van der Waals surface area contributed by atoms with Crippen molar-refractivity contribution in [2.45, 2.75) is 4.90 Å². The predicted molar refractivity (Wildman–Crippen MR) is 34.1 cm³/mol. The van der Waals surface area contributed by atoms with Gasteiger partial charge in [-0.3, -0.25) is 4.55 Å². The van der Waals surface area contributed by atoms with E-state index in [2.05, 4.69) is 0 Å². The van der Waals surface area contributed by atoms with Crippen molar-refractivity contribution in [3.8, 4) is 0 Å². The highest BCUT2D eigenvalue weighted by molar-refractivity contribution is 7.86. The first kappa shape index (κ1) is 7.64. The van der Waals surface area contributed by atoms with Crippen LogP contribution < -0.4 is 0 Å². The van der Waals surface area contributed by atoms with Gasteiger partial charge in [-0.2, -0.15) is 12.8 Å². The molecule has 1 rings (SSSR count). The maximum Gasteiger partial charge on any atom is 0.295 e. The van der Waals surface area contributed by atoms with Gasteiger partial charge in [-0.15, -0.1) is 11.3 Å². The lowest BCUT2D eigenvalue weighted by atomic mass is 10.7. The Bertz CT molecular complexity index is 326. The molecule has 0 aromatic carbocycles. The summed E-state index contributed by atoms with van der Waals surface area (Å²) in [5, 5.41) is 0.401. The molecule has 1 N–H and O–H groups in total. The van der Waals surface area contributed by atoms with Crippen molar-refractivity contribution in [1.29, 1.82) is 0 Å². The van der Waals surface area contributed by atoms with Crippen LogP contribution in [0, 0.1) is 5.13 Å². The molecule has 0 saturated carbocycles. The van der Waals surface area contributed by atoms with Crippen LogP contribution in [0.2, 0.25) is 0 Å². The molecule has 0 fully saturated rings. The van der Waals surface area contributed by atoms with Gasteiger partial charge >= 0.3 is 0 Å². The van der Waals surface area contributed by atoms with E-state index in [1.54, 1.807) is 0 Å². The third kappa shape index (κ3) is 1.53. The van der Waals surface area contributed by atoms with Gasteiger partial charge in [0, 0.05) is 11.4 Å². The summed E-state index contributed by atoms with van der Waals surface area (Å²) in [5.41, 5.74) is 0. The fraction of sp³-hybridized carbons (Fsp3) is 0. The molecule has 0 saturated heterocycles. The fourth-order valence-electron chi connectivity index (χ4n) is 0.430. The summed E-state index contributed by atoms with van der Waals surface area (Å²) in [4.78, 5) is -0.394. The van der Waals surface area contributed by atoms with E-state index >= 15 is 0 Å². The van der Waals surface area contributed by atoms with Gasteiger partial charge in [0.25, 0.3) is 10.1 Å². The van der Waals surface area contributed by atoms with Crippen LogP contribution in [0.1, 0.15) is 0 Å². The van der Waals surface area contributed by atoms with Crippen molar-refractivity contribution in [2.24, 2.45) is 0 Å². The van der Waals surface area contributed by atoms with Crippen LogP contribution in [0.4, 0.5) is 4.39 Å².